The van der Waals surface area contributed by atoms with Crippen molar-refractivity contribution >= 4 is 34.8 Å². The first-order valence-corrected chi connectivity index (χ1v) is 8.95. The Morgan fingerprint density at radius 3 is 2.76 bits per heavy atom. The van der Waals surface area contributed by atoms with Gasteiger partial charge in [0.05, 0.1) is 23.4 Å². The number of carboxylic acids is 1. The highest BCUT2D eigenvalue weighted by molar-refractivity contribution is 7.13. The van der Waals surface area contributed by atoms with Crippen molar-refractivity contribution in [2.24, 2.45) is 0 Å². The van der Waals surface area contributed by atoms with E-state index in [1.165, 1.54) is 0 Å². The monoisotopic (exact) mass is 382 g/mol. The van der Waals surface area contributed by atoms with E-state index in [2.05, 4.69) is 10.3 Å². The van der Waals surface area contributed by atoms with Crippen LogP contribution in [0.2, 0.25) is 5.02 Å². The first-order valence-electron chi connectivity index (χ1n) is 7.75. The minimum Gasteiger partial charge on any atom is -0.492 e. The van der Waals surface area contributed by atoms with E-state index in [4.69, 9.17) is 21.4 Å². The van der Waals surface area contributed by atoms with Gasteiger partial charge in [-0.25, -0.2) is 9.78 Å². The third kappa shape index (κ3) is 5.44. The maximum absolute atomic E-state index is 12.0. The zero-order valence-corrected chi connectivity index (χ0v) is 15.5. The van der Waals surface area contributed by atoms with Gasteiger partial charge in [0.1, 0.15) is 15.6 Å². The van der Waals surface area contributed by atoms with Crippen LogP contribution in [0.5, 0.6) is 5.75 Å². The summed E-state index contributed by atoms with van der Waals surface area (Å²) in [5, 5.41) is 13.0. The zero-order valence-electron chi connectivity index (χ0n) is 13.9. The molecule has 134 valence electrons. The van der Waals surface area contributed by atoms with Crippen LogP contribution in [0, 0.1) is 6.92 Å². The van der Waals surface area contributed by atoms with Crippen molar-refractivity contribution < 1.29 is 19.4 Å². The van der Waals surface area contributed by atoms with Gasteiger partial charge in [-0.3, -0.25) is 4.79 Å². The second-order valence-electron chi connectivity index (χ2n) is 5.44. The lowest BCUT2D eigenvalue weighted by Crippen LogP contribution is -2.26. The molecule has 0 aliphatic heterocycles. The number of benzene rings is 1. The number of carboxylic acid groups (broad SMARTS) is 1. The molecule has 0 aliphatic rings. The Morgan fingerprint density at radius 1 is 1.40 bits per heavy atom. The van der Waals surface area contributed by atoms with Crippen molar-refractivity contribution in [1.82, 2.24) is 10.3 Å². The van der Waals surface area contributed by atoms with E-state index in [0.29, 0.717) is 40.9 Å². The summed E-state index contributed by atoms with van der Waals surface area (Å²) >= 11 is 7.07. The second kappa shape index (κ2) is 8.82. The second-order valence-corrected chi connectivity index (χ2v) is 6.88. The van der Waals surface area contributed by atoms with Crippen LogP contribution in [0.4, 0.5) is 0 Å². The third-order valence-corrected chi connectivity index (χ3v) is 5.04. The van der Waals surface area contributed by atoms with Crippen LogP contribution in [-0.2, 0) is 4.79 Å². The fourth-order valence-corrected chi connectivity index (χ4v) is 3.25. The molecule has 2 N–H and O–H groups in total. The van der Waals surface area contributed by atoms with E-state index in [1.807, 2.05) is 12.1 Å². The Labute approximate surface area is 154 Å². The van der Waals surface area contributed by atoms with Crippen LogP contribution >= 0.6 is 22.9 Å². The van der Waals surface area contributed by atoms with Crippen molar-refractivity contribution in [2.75, 3.05) is 6.61 Å². The van der Waals surface area contributed by atoms with E-state index in [0.717, 1.165) is 11.3 Å². The Balaban J connectivity index is 1.77. The number of amides is 1. The molecule has 1 unspecified atom stereocenters. The molecule has 0 radical (unpaired) electrons. The average Bonchev–Trinajstić information content (AvgIpc) is 2.95. The van der Waals surface area contributed by atoms with Gasteiger partial charge < -0.3 is 15.2 Å². The summed E-state index contributed by atoms with van der Waals surface area (Å²) in [5.41, 5.74) is 0.460. The van der Waals surface area contributed by atoms with Crippen LogP contribution in [0.25, 0.3) is 0 Å². The van der Waals surface area contributed by atoms with Gasteiger partial charge in [0.25, 0.3) is 0 Å². The van der Waals surface area contributed by atoms with Gasteiger partial charge in [-0.2, -0.15) is 0 Å². The zero-order chi connectivity index (χ0) is 18.4. The van der Waals surface area contributed by atoms with E-state index in [9.17, 15) is 9.59 Å². The normalized spacial score (nSPS) is 11.8. The van der Waals surface area contributed by atoms with Crippen LogP contribution in [0.15, 0.2) is 24.3 Å². The van der Waals surface area contributed by atoms with Crippen LogP contribution in [0.1, 0.15) is 46.2 Å². The molecular formula is C17H19ClN2O4S. The Morgan fingerprint density at radius 2 is 2.12 bits per heavy atom. The molecule has 1 atom stereocenters. The van der Waals surface area contributed by atoms with Crippen molar-refractivity contribution in [2.45, 2.75) is 32.7 Å². The molecule has 1 aromatic heterocycles. The van der Waals surface area contributed by atoms with Crippen molar-refractivity contribution in [3.8, 4) is 5.75 Å². The number of nitrogens with zero attached hydrogens (tertiary/aromatic N) is 1. The lowest BCUT2D eigenvalue weighted by atomic mass is 10.2. The highest BCUT2D eigenvalue weighted by Gasteiger charge is 2.19. The topological polar surface area (TPSA) is 88.5 Å². The third-order valence-electron chi connectivity index (χ3n) is 3.40. The van der Waals surface area contributed by atoms with E-state index >= 15 is 0 Å². The molecule has 6 nitrogen and oxygen atoms in total. The molecule has 0 aliphatic carbocycles. The molecule has 1 amide bonds. The summed E-state index contributed by atoms with van der Waals surface area (Å²) in [6, 6.07) is 6.83. The number of aryl methyl sites for hydroxylation is 1. The Bertz CT molecular complexity index is 763. The minimum absolute atomic E-state index is 0.139. The number of aromatic carboxylic acids is 1. The highest BCUT2D eigenvalue weighted by atomic mass is 35.5. The molecule has 1 heterocycles. The molecule has 0 fully saturated rings. The molecule has 0 saturated heterocycles. The van der Waals surface area contributed by atoms with Crippen LogP contribution in [-0.4, -0.2) is 28.6 Å². The number of para-hydroxylation sites is 1. The number of aromatic nitrogens is 1. The number of carbonyl (C=O) groups excluding carboxylic acids is 1. The van der Waals surface area contributed by atoms with Crippen LogP contribution < -0.4 is 10.1 Å². The first-order chi connectivity index (χ1) is 11.9. The SMILES string of the molecule is Cc1nc(C(C)NC(=O)CCCOc2ccccc2Cl)sc1C(=O)O. The number of hydrogen-bond acceptors (Lipinski definition) is 5. The smallest absolute Gasteiger partial charge is 0.347 e. The molecule has 2 rings (SSSR count). The van der Waals surface area contributed by atoms with E-state index < -0.39 is 5.97 Å². The van der Waals surface area contributed by atoms with Gasteiger partial charge in [0.2, 0.25) is 5.91 Å². The van der Waals surface area contributed by atoms with Gasteiger partial charge in [-0.15, -0.1) is 11.3 Å². The predicted octanol–water partition coefficient (Wildman–Crippen LogP) is 3.84. The fourth-order valence-electron chi connectivity index (χ4n) is 2.15. The lowest BCUT2D eigenvalue weighted by molar-refractivity contribution is -0.121. The lowest BCUT2D eigenvalue weighted by Gasteiger charge is -2.11. The van der Waals surface area contributed by atoms with Gasteiger partial charge in [0.15, 0.2) is 0 Å². The molecule has 1 aromatic carbocycles. The number of ether oxygens (including phenoxy) is 1. The van der Waals surface area contributed by atoms with Crippen LogP contribution in [0.3, 0.4) is 0 Å². The minimum atomic E-state index is -1.00. The van der Waals surface area contributed by atoms with E-state index in [1.54, 1.807) is 26.0 Å². The van der Waals surface area contributed by atoms with Crippen molar-refractivity contribution in [1.29, 1.82) is 0 Å². The standard InChI is InChI=1S/C17H19ClN2O4S/c1-10-15(17(22)23)25-16(20-10)11(2)19-14(21)8-5-9-24-13-7-4-3-6-12(13)18/h3-4,6-7,11H,5,8-9H2,1-2H3,(H,19,21)(H,22,23). The predicted molar refractivity (Wildman–Crippen MR) is 96.5 cm³/mol. The Kier molecular flexibility index (Phi) is 6.78. The average molecular weight is 383 g/mol. The highest BCUT2D eigenvalue weighted by Crippen LogP contribution is 2.24. The molecule has 0 bridgehead atoms. The number of rotatable bonds is 8. The van der Waals surface area contributed by atoms with Crippen molar-refractivity contribution in [3.63, 3.8) is 0 Å². The Hall–Kier alpha value is -2.12. The van der Waals surface area contributed by atoms with Gasteiger partial charge in [-0.05, 0) is 32.4 Å². The van der Waals surface area contributed by atoms with Gasteiger partial charge in [-0.1, -0.05) is 23.7 Å². The maximum atomic E-state index is 12.0. The molecule has 8 heteroatoms. The summed E-state index contributed by atoms with van der Waals surface area (Å²) in [7, 11) is 0. The number of hydrogen-bond donors (Lipinski definition) is 2. The molecule has 2 aromatic rings. The summed E-state index contributed by atoms with van der Waals surface area (Å²) in [5.74, 6) is -0.547. The molecular weight excluding hydrogens is 364 g/mol. The largest absolute Gasteiger partial charge is 0.492 e. The summed E-state index contributed by atoms with van der Waals surface area (Å²) < 4.78 is 5.53. The number of thiazole rings is 1. The molecule has 0 spiro atoms. The van der Waals surface area contributed by atoms with Crippen molar-refractivity contribution in [3.05, 3.63) is 44.9 Å². The number of halogens is 1. The van der Waals surface area contributed by atoms with E-state index in [-0.39, 0.29) is 16.8 Å². The molecule has 0 saturated carbocycles. The van der Waals surface area contributed by atoms with Gasteiger partial charge in [0, 0.05) is 6.42 Å². The molecule has 25 heavy (non-hydrogen) atoms. The number of carbonyl (C=O) groups is 2. The first kappa shape index (κ1) is 19.2. The maximum Gasteiger partial charge on any atom is 0.347 e. The summed E-state index contributed by atoms with van der Waals surface area (Å²) in [6.07, 6.45) is 0.839. The fraction of sp³-hybridized carbons (Fsp3) is 0.353. The summed E-state index contributed by atoms with van der Waals surface area (Å²) in [4.78, 5) is 27.5. The number of nitrogens with one attached hydrogen (secondary N) is 1. The summed E-state index contributed by atoms with van der Waals surface area (Å²) in [6.45, 7) is 3.80. The van der Waals surface area contributed by atoms with Gasteiger partial charge >= 0.3 is 5.97 Å². The quantitative estimate of drug-likeness (QED) is 0.677.